The van der Waals surface area contributed by atoms with Gasteiger partial charge in [0.15, 0.2) is 6.10 Å². The molecule has 4 aromatic rings. The molecule has 3 aromatic carbocycles. The lowest BCUT2D eigenvalue weighted by atomic mass is 9.99. The number of carboxylic acid groups (broad SMARTS) is 1. The topological polar surface area (TPSA) is 80.6 Å². The van der Waals surface area contributed by atoms with E-state index in [4.69, 9.17) is 9.84 Å². The highest BCUT2D eigenvalue weighted by Gasteiger charge is 2.17. The lowest BCUT2D eigenvalue weighted by Gasteiger charge is -2.16. The molecule has 0 bridgehead atoms. The third-order valence-corrected chi connectivity index (χ3v) is 7.28. The number of carboxylic acids is 1. The quantitative estimate of drug-likeness (QED) is 0.259. The number of nitrogens with zero attached hydrogens (tertiary/aromatic N) is 1. The Kier molecular flexibility index (Phi) is 7.91. The van der Waals surface area contributed by atoms with Crippen molar-refractivity contribution in [2.45, 2.75) is 66.2 Å². The van der Waals surface area contributed by atoms with Crippen LogP contribution in [0.1, 0.15) is 78.0 Å². The van der Waals surface area contributed by atoms with E-state index in [2.05, 4.69) is 61.8 Å². The first kappa shape index (κ1) is 27.0. The average Bonchev–Trinajstić information content (AvgIpc) is 3.13. The second kappa shape index (κ2) is 11.1. The molecular weight excluding hydrogens is 476 g/mol. The monoisotopic (exact) mass is 512 g/mol. The second-order valence-corrected chi connectivity index (χ2v) is 10.3. The largest absolute Gasteiger partial charge is 0.479 e. The molecule has 0 aliphatic heterocycles. The van der Waals surface area contributed by atoms with E-state index in [0.717, 1.165) is 33.3 Å². The van der Waals surface area contributed by atoms with Crippen LogP contribution in [0.5, 0.6) is 5.75 Å². The summed E-state index contributed by atoms with van der Waals surface area (Å²) in [5.74, 6) is -0.0968. The van der Waals surface area contributed by atoms with E-state index in [0.29, 0.717) is 23.8 Å². The van der Waals surface area contributed by atoms with Crippen LogP contribution in [0.25, 0.3) is 10.9 Å². The molecule has 0 aliphatic carbocycles. The van der Waals surface area contributed by atoms with Gasteiger partial charge in [-0.1, -0.05) is 50.2 Å². The second-order valence-electron chi connectivity index (χ2n) is 10.3. The molecule has 4 rings (SSSR count). The van der Waals surface area contributed by atoms with Gasteiger partial charge >= 0.3 is 5.97 Å². The predicted molar refractivity (Wildman–Crippen MR) is 151 cm³/mol. The zero-order valence-corrected chi connectivity index (χ0v) is 22.9. The Hall–Kier alpha value is -4.06. The zero-order chi connectivity index (χ0) is 27.6. The molecule has 0 spiro atoms. The number of carbonyl (C=O) groups excluding carboxylic acids is 1. The summed E-state index contributed by atoms with van der Waals surface area (Å²) in [5.41, 5.74) is 7.41. The summed E-state index contributed by atoms with van der Waals surface area (Å²) in [6, 6.07) is 21.7. The fourth-order valence-corrected chi connectivity index (χ4v) is 4.64. The van der Waals surface area contributed by atoms with E-state index >= 15 is 0 Å². The Bertz CT molecular complexity index is 1450. The van der Waals surface area contributed by atoms with E-state index in [1.54, 1.807) is 12.1 Å². The molecule has 0 fully saturated rings. The summed E-state index contributed by atoms with van der Waals surface area (Å²) in [5, 5.41) is 13.2. The minimum atomic E-state index is -0.998. The number of aromatic nitrogens is 1. The summed E-state index contributed by atoms with van der Waals surface area (Å²) in [6.45, 7) is 12.7. The summed E-state index contributed by atoms with van der Waals surface area (Å²) in [7, 11) is 0. The number of benzene rings is 3. The van der Waals surface area contributed by atoms with Crippen molar-refractivity contribution in [2.75, 3.05) is 0 Å². The van der Waals surface area contributed by atoms with Gasteiger partial charge in [-0.3, -0.25) is 4.79 Å². The van der Waals surface area contributed by atoms with Gasteiger partial charge in [0.05, 0.1) is 6.04 Å². The van der Waals surface area contributed by atoms with Crippen LogP contribution in [0.15, 0.2) is 66.7 Å². The minimum absolute atomic E-state index is 0.0942. The first-order chi connectivity index (χ1) is 18.0. The van der Waals surface area contributed by atoms with E-state index in [1.807, 2.05) is 37.3 Å². The number of carbonyl (C=O) groups is 2. The number of rotatable bonds is 9. The summed E-state index contributed by atoms with van der Waals surface area (Å²) in [6.07, 6.45) is -0.904. The molecule has 0 saturated carbocycles. The predicted octanol–water partition coefficient (Wildman–Crippen LogP) is 6.77. The van der Waals surface area contributed by atoms with Crippen molar-refractivity contribution in [1.29, 1.82) is 0 Å². The zero-order valence-electron chi connectivity index (χ0n) is 22.9. The molecule has 1 heterocycles. The van der Waals surface area contributed by atoms with Gasteiger partial charge in [-0.15, -0.1) is 0 Å². The number of fused-ring (bicyclic) bond motifs is 1. The lowest BCUT2D eigenvalue weighted by molar-refractivity contribution is -0.144. The van der Waals surface area contributed by atoms with Crippen LogP contribution in [-0.2, 0) is 11.3 Å². The normalized spacial score (nSPS) is 12.9. The smallest absolute Gasteiger partial charge is 0.344 e. The molecule has 6 heteroatoms. The Morgan fingerprint density at radius 1 is 0.895 bits per heavy atom. The summed E-state index contributed by atoms with van der Waals surface area (Å²) in [4.78, 5) is 24.2. The van der Waals surface area contributed by atoms with Gasteiger partial charge in [0, 0.05) is 28.7 Å². The molecule has 1 unspecified atom stereocenters. The van der Waals surface area contributed by atoms with E-state index in [-0.39, 0.29) is 11.9 Å². The standard InChI is InChI=1S/C32H36N2O4/c1-19(2)25-9-11-26(12-10-25)21(4)33-31(35)27-13-16-30-29(17-27)20(3)22(5)34(30)18-24-7-14-28(15-8-24)38-23(6)32(36)37/h7-17,19,21,23H,18H2,1-6H3,(H,33,35)(H,36,37)/t21-,23?/m0/s1. The first-order valence-corrected chi connectivity index (χ1v) is 13.0. The number of nitrogens with one attached hydrogen (secondary N) is 1. The Balaban J connectivity index is 1.51. The maximum absolute atomic E-state index is 13.1. The molecular formula is C32H36N2O4. The molecule has 1 amide bonds. The maximum Gasteiger partial charge on any atom is 0.344 e. The molecule has 0 aliphatic rings. The van der Waals surface area contributed by atoms with Crippen molar-refractivity contribution in [3.63, 3.8) is 0 Å². The Morgan fingerprint density at radius 2 is 1.53 bits per heavy atom. The number of ether oxygens (including phenoxy) is 1. The third-order valence-electron chi connectivity index (χ3n) is 7.28. The van der Waals surface area contributed by atoms with Gasteiger partial charge < -0.3 is 19.7 Å². The Labute approximate surface area is 224 Å². The fourth-order valence-electron chi connectivity index (χ4n) is 4.64. The number of aryl methyl sites for hydroxylation is 1. The SMILES string of the molecule is Cc1c(C)n(Cc2ccc(OC(C)C(=O)O)cc2)c2ccc(C(=O)N[C@@H](C)c3ccc(C(C)C)cc3)cc12. The molecule has 2 N–H and O–H groups in total. The maximum atomic E-state index is 13.1. The molecule has 0 radical (unpaired) electrons. The highest BCUT2D eigenvalue weighted by atomic mass is 16.5. The van der Waals surface area contributed by atoms with Crippen LogP contribution in [0.2, 0.25) is 0 Å². The van der Waals surface area contributed by atoms with Crippen molar-refractivity contribution in [3.05, 3.63) is 100 Å². The first-order valence-electron chi connectivity index (χ1n) is 13.0. The molecule has 6 nitrogen and oxygen atoms in total. The van der Waals surface area contributed by atoms with Crippen LogP contribution in [0.4, 0.5) is 0 Å². The average molecular weight is 513 g/mol. The van der Waals surface area contributed by atoms with Crippen LogP contribution in [0.3, 0.4) is 0 Å². The Morgan fingerprint density at radius 3 is 2.13 bits per heavy atom. The van der Waals surface area contributed by atoms with Gasteiger partial charge in [-0.25, -0.2) is 4.79 Å². The van der Waals surface area contributed by atoms with E-state index in [1.165, 1.54) is 12.5 Å². The summed E-state index contributed by atoms with van der Waals surface area (Å²) < 4.78 is 7.68. The van der Waals surface area contributed by atoms with E-state index < -0.39 is 12.1 Å². The molecule has 2 atom stereocenters. The van der Waals surface area contributed by atoms with Gasteiger partial charge in [0.2, 0.25) is 0 Å². The number of aliphatic carboxylic acids is 1. The number of hydrogen-bond acceptors (Lipinski definition) is 3. The van der Waals surface area contributed by atoms with Crippen molar-refractivity contribution < 1.29 is 19.4 Å². The van der Waals surface area contributed by atoms with E-state index in [9.17, 15) is 9.59 Å². The van der Waals surface area contributed by atoms with Gasteiger partial charge in [0.1, 0.15) is 5.75 Å². The van der Waals surface area contributed by atoms with Crippen molar-refractivity contribution in [3.8, 4) is 5.75 Å². The third kappa shape index (κ3) is 5.75. The van der Waals surface area contributed by atoms with Crippen LogP contribution >= 0.6 is 0 Å². The minimum Gasteiger partial charge on any atom is -0.479 e. The fraction of sp³-hybridized carbons (Fsp3) is 0.312. The lowest BCUT2D eigenvalue weighted by Crippen LogP contribution is -2.26. The highest BCUT2D eigenvalue weighted by Crippen LogP contribution is 2.28. The summed E-state index contributed by atoms with van der Waals surface area (Å²) >= 11 is 0. The van der Waals surface area contributed by atoms with Crippen molar-refractivity contribution in [1.82, 2.24) is 9.88 Å². The van der Waals surface area contributed by atoms with Gasteiger partial charge in [0.25, 0.3) is 5.91 Å². The van der Waals surface area contributed by atoms with Gasteiger partial charge in [-0.05, 0) is 86.2 Å². The van der Waals surface area contributed by atoms with Crippen molar-refractivity contribution >= 4 is 22.8 Å². The molecule has 198 valence electrons. The van der Waals surface area contributed by atoms with Gasteiger partial charge in [-0.2, -0.15) is 0 Å². The molecule has 0 saturated heterocycles. The van der Waals surface area contributed by atoms with Crippen LogP contribution in [-0.4, -0.2) is 27.7 Å². The number of hydrogen-bond donors (Lipinski definition) is 2. The van der Waals surface area contributed by atoms with Crippen LogP contribution in [0, 0.1) is 13.8 Å². The number of amides is 1. The van der Waals surface area contributed by atoms with Crippen LogP contribution < -0.4 is 10.1 Å². The molecule has 38 heavy (non-hydrogen) atoms. The molecule has 1 aromatic heterocycles. The van der Waals surface area contributed by atoms with Crippen molar-refractivity contribution in [2.24, 2.45) is 0 Å². The highest BCUT2D eigenvalue weighted by molar-refractivity contribution is 5.99.